The fraction of sp³-hybridized carbons (Fsp3) is 0.0455. The molecule has 0 radical (unpaired) electrons. The molecule has 1 amide bonds. The summed E-state index contributed by atoms with van der Waals surface area (Å²) in [7, 11) is -3.74. The molecule has 1 heterocycles. The first-order chi connectivity index (χ1) is 14.4. The first-order valence-electron chi connectivity index (χ1n) is 9.00. The Kier molecular flexibility index (Phi) is 5.56. The SMILES string of the molecule is O=C(Cn1cc(S(=O)(=O)c2ccccc2)c2ccccc21)Nc1cccc(Cl)c1Cl. The van der Waals surface area contributed by atoms with E-state index >= 15 is 0 Å². The van der Waals surface area contributed by atoms with E-state index in [-0.39, 0.29) is 27.3 Å². The van der Waals surface area contributed by atoms with Crippen LogP contribution < -0.4 is 5.32 Å². The van der Waals surface area contributed by atoms with Crippen molar-refractivity contribution in [1.29, 1.82) is 0 Å². The van der Waals surface area contributed by atoms with E-state index in [1.165, 1.54) is 6.20 Å². The summed E-state index contributed by atoms with van der Waals surface area (Å²) in [5, 5.41) is 3.85. The van der Waals surface area contributed by atoms with Crippen molar-refractivity contribution < 1.29 is 13.2 Å². The quantitative estimate of drug-likeness (QED) is 0.434. The topological polar surface area (TPSA) is 68.2 Å². The zero-order chi connectivity index (χ0) is 21.3. The molecule has 3 aromatic carbocycles. The van der Waals surface area contributed by atoms with Crippen LogP contribution in [-0.2, 0) is 21.2 Å². The molecule has 4 rings (SSSR count). The summed E-state index contributed by atoms with van der Waals surface area (Å²) >= 11 is 12.1. The molecule has 0 aliphatic carbocycles. The monoisotopic (exact) mass is 458 g/mol. The summed E-state index contributed by atoms with van der Waals surface area (Å²) in [5.41, 5.74) is 1.03. The second kappa shape index (κ2) is 8.14. The number of hydrogen-bond acceptors (Lipinski definition) is 3. The molecule has 5 nitrogen and oxygen atoms in total. The molecule has 0 saturated carbocycles. The standard InChI is InChI=1S/C22H16Cl2N2O3S/c23-17-10-6-11-18(22(17)24)25-21(27)14-26-13-20(16-9-4-5-12-19(16)26)30(28,29)15-7-2-1-3-8-15/h1-13H,14H2,(H,25,27). The molecular weight excluding hydrogens is 443 g/mol. The van der Waals surface area contributed by atoms with Crippen molar-refractivity contribution in [3.8, 4) is 0 Å². The first-order valence-corrected chi connectivity index (χ1v) is 11.2. The minimum atomic E-state index is -3.74. The zero-order valence-electron chi connectivity index (χ0n) is 15.5. The van der Waals surface area contributed by atoms with Crippen molar-refractivity contribution in [2.45, 2.75) is 16.3 Å². The van der Waals surface area contributed by atoms with Gasteiger partial charge in [0, 0.05) is 17.1 Å². The molecule has 0 aliphatic heterocycles. The maximum atomic E-state index is 13.2. The number of aromatic nitrogens is 1. The Bertz CT molecular complexity index is 1350. The number of rotatable bonds is 5. The highest BCUT2D eigenvalue weighted by molar-refractivity contribution is 7.91. The highest BCUT2D eigenvalue weighted by atomic mass is 35.5. The summed E-state index contributed by atoms with van der Waals surface area (Å²) in [5.74, 6) is -0.358. The van der Waals surface area contributed by atoms with Crippen molar-refractivity contribution in [2.24, 2.45) is 0 Å². The largest absolute Gasteiger partial charge is 0.337 e. The Morgan fingerprint density at radius 1 is 0.900 bits per heavy atom. The van der Waals surface area contributed by atoms with Gasteiger partial charge in [-0.15, -0.1) is 0 Å². The lowest BCUT2D eigenvalue weighted by Gasteiger charge is -2.09. The predicted octanol–water partition coefficient (Wildman–Crippen LogP) is 5.42. The van der Waals surface area contributed by atoms with E-state index in [0.717, 1.165) is 0 Å². The molecule has 8 heteroatoms. The molecule has 0 spiro atoms. The van der Waals surface area contributed by atoms with Gasteiger partial charge in [-0.05, 0) is 30.3 Å². The number of para-hydroxylation sites is 1. The van der Waals surface area contributed by atoms with Gasteiger partial charge in [-0.25, -0.2) is 8.42 Å². The predicted molar refractivity (Wildman–Crippen MR) is 119 cm³/mol. The van der Waals surface area contributed by atoms with Gasteiger partial charge in [-0.2, -0.15) is 0 Å². The van der Waals surface area contributed by atoms with Crippen LogP contribution in [0.1, 0.15) is 0 Å². The summed E-state index contributed by atoms with van der Waals surface area (Å²) in [6.07, 6.45) is 1.49. The van der Waals surface area contributed by atoms with Crippen LogP contribution in [0.3, 0.4) is 0 Å². The van der Waals surface area contributed by atoms with Gasteiger partial charge >= 0.3 is 0 Å². The molecule has 152 valence electrons. The Morgan fingerprint density at radius 2 is 1.60 bits per heavy atom. The number of amides is 1. The third-order valence-electron chi connectivity index (χ3n) is 4.63. The average Bonchev–Trinajstić information content (AvgIpc) is 3.11. The molecule has 0 aliphatic rings. The van der Waals surface area contributed by atoms with Crippen LogP contribution in [0.15, 0.2) is 88.8 Å². The molecule has 1 aromatic heterocycles. The molecule has 0 saturated heterocycles. The number of halogens is 2. The van der Waals surface area contributed by atoms with Gasteiger partial charge in [-0.3, -0.25) is 4.79 Å². The lowest BCUT2D eigenvalue weighted by molar-refractivity contribution is -0.116. The van der Waals surface area contributed by atoms with E-state index in [1.54, 1.807) is 77.4 Å². The molecule has 0 atom stereocenters. The van der Waals surface area contributed by atoms with E-state index in [9.17, 15) is 13.2 Å². The van der Waals surface area contributed by atoms with Crippen LogP contribution >= 0.6 is 23.2 Å². The van der Waals surface area contributed by atoms with Crippen LogP contribution in [0, 0.1) is 0 Å². The third kappa shape index (κ3) is 3.81. The van der Waals surface area contributed by atoms with E-state index in [4.69, 9.17) is 23.2 Å². The smallest absolute Gasteiger partial charge is 0.244 e. The molecule has 4 aromatic rings. The number of anilines is 1. The number of nitrogens with zero attached hydrogens (tertiary/aromatic N) is 1. The van der Waals surface area contributed by atoms with Gasteiger partial charge in [0.15, 0.2) is 0 Å². The van der Waals surface area contributed by atoms with Gasteiger partial charge in [0.2, 0.25) is 15.7 Å². The van der Waals surface area contributed by atoms with Crippen molar-refractivity contribution >= 4 is 55.5 Å². The van der Waals surface area contributed by atoms with Crippen LogP contribution in [-0.4, -0.2) is 18.9 Å². The summed E-state index contributed by atoms with van der Waals surface area (Å²) in [6, 6.07) is 20.2. The van der Waals surface area contributed by atoms with Crippen LogP contribution in [0.5, 0.6) is 0 Å². The van der Waals surface area contributed by atoms with Crippen molar-refractivity contribution in [1.82, 2.24) is 4.57 Å². The minimum Gasteiger partial charge on any atom is -0.337 e. The Morgan fingerprint density at radius 3 is 2.37 bits per heavy atom. The van der Waals surface area contributed by atoms with Crippen molar-refractivity contribution in [2.75, 3.05) is 5.32 Å². The maximum absolute atomic E-state index is 13.2. The Hall–Kier alpha value is -2.80. The number of sulfone groups is 1. The molecule has 1 N–H and O–H groups in total. The third-order valence-corrected chi connectivity index (χ3v) is 7.25. The number of carbonyl (C=O) groups is 1. The summed E-state index contributed by atoms with van der Waals surface area (Å²) in [6.45, 7) is -0.0896. The van der Waals surface area contributed by atoms with Gasteiger partial charge in [0.25, 0.3) is 0 Å². The van der Waals surface area contributed by atoms with E-state index in [0.29, 0.717) is 21.6 Å². The molecule has 0 bridgehead atoms. The number of nitrogens with one attached hydrogen (secondary N) is 1. The second-order valence-electron chi connectivity index (χ2n) is 6.60. The molecule has 0 fully saturated rings. The average molecular weight is 459 g/mol. The Labute approximate surface area is 183 Å². The summed E-state index contributed by atoms with van der Waals surface area (Å²) < 4.78 is 28.0. The number of benzene rings is 3. The first kappa shape index (κ1) is 20.5. The highest BCUT2D eigenvalue weighted by Crippen LogP contribution is 2.31. The maximum Gasteiger partial charge on any atom is 0.244 e. The van der Waals surface area contributed by atoms with Crippen LogP contribution in [0.4, 0.5) is 5.69 Å². The second-order valence-corrected chi connectivity index (χ2v) is 9.31. The molecule has 0 unspecified atom stereocenters. The fourth-order valence-electron chi connectivity index (χ4n) is 3.23. The van der Waals surface area contributed by atoms with Crippen LogP contribution in [0.25, 0.3) is 10.9 Å². The number of carbonyl (C=O) groups excluding carboxylic acids is 1. The van der Waals surface area contributed by atoms with Gasteiger partial charge in [0.05, 0.1) is 25.5 Å². The zero-order valence-corrected chi connectivity index (χ0v) is 17.9. The van der Waals surface area contributed by atoms with Gasteiger partial charge in [0.1, 0.15) is 6.54 Å². The summed E-state index contributed by atoms with van der Waals surface area (Å²) in [4.78, 5) is 13.0. The Balaban J connectivity index is 1.71. The van der Waals surface area contributed by atoms with E-state index < -0.39 is 9.84 Å². The molecular formula is C22H16Cl2N2O3S. The lowest BCUT2D eigenvalue weighted by atomic mass is 10.2. The van der Waals surface area contributed by atoms with E-state index in [1.807, 2.05) is 0 Å². The van der Waals surface area contributed by atoms with Gasteiger partial charge < -0.3 is 9.88 Å². The van der Waals surface area contributed by atoms with Gasteiger partial charge in [-0.1, -0.05) is 65.7 Å². The fourth-order valence-corrected chi connectivity index (χ4v) is 5.07. The number of hydrogen-bond donors (Lipinski definition) is 1. The lowest BCUT2D eigenvalue weighted by Crippen LogP contribution is -2.18. The number of fused-ring (bicyclic) bond motifs is 1. The van der Waals surface area contributed by atoms with Crippen molar-refractivity contribution in [3.63, 3.8) is 0 Å². The van der Waals surface area contributed by atoms with E-state index in [2.05, 4.69) is 5.32 Å². The highest BCUT2D eigenvalue weighted by Gasteiger charge is 2.23. The minimum absolute atomic E-state index is 0.0896. The van der Waals surface area contributed by atoms with Crippen LogP contribution in [0.2, 0.25) is 10.0 Å². The normalized spacial score (nSPS) is 11.5. The molecule has 30 heavy (non-hydrogen) atoms. The van der Waals surface area contributed by atoms with Crippen molar-refractivity contribution in [3.05, 3.63) is 89.0 Å².